The van der Waals surface area contributed by atoms with Crippen molar-refractivity contribution >= 4 is 68.2 Å². The number of nitrogens with one attached hydrogen (secondary N) is 2. The largest absolute Gasteiger partial charge is 0.508 e. The third kappa shape index (κ3) is 12.9. The van der Waals surface area contributed by atoms with Crippen LogP contribution in [0, 0.1) is 29.5 Å². The molecule has 4 N–H and O–H groups in total. The van der Waals surface area contributed by atoms with E-state index in [1.165, 1.54) is 12.1 Å². The van der Waals surface area contributed by atoms with E-state index in [1.54, 1.807) is 33.3 Å². The summed E-state index contributed by atoms with van der Waals surface area (Å²) in [6, 6.07) is 19.4. The van der Waals surface area contributed by atoms with Gasteiger partial charge >= 0.3 is 6.01 Å². The second-order valence-electron chi connectivity index (χ2n) is 25.5. The van der Waals surface area contributed by atoms with Crippen molar-refractivity contribution in [2.24, 2.45) is 16.7 Å². The minimum Gasteiger partial charge on any atom is -0.508 e. The van der Waals surface area contributed by atoms with Crippen LogP contribution in [0.3, 0.4) is 0 Å². The molecule has 3 amide bonds. The van der Waals surface area contributed by atoms with E-state index < -0.39 is 29.4 Å². The van der Waals surface area contributed by atoms with Gasteiger partial charge in [-0.1, -0.05) is 94.1 Å². The second-order valence-corrected chi connectivity index (χ2v) is 26.8. The van der Waals surface area contributed by atoms with Crippen molar-refractivity contribution in [2.45, 2.75) is 91.1 Å². The van der Waals surface area contributed by atoms with Crippen molar-refractivity contribution in [1.82, 2.24) is 50.1 Å². The Bertz CT molecular complexity index is 3490. The Kier molecular flexibility index (Phi) is 17.3. The quantitative estimate of drug-likeness (QED) is 0.0600. The number of piperazine rings is 1. The third-order valence-corrected chi connectivity index (χ3v) is 19.2. The monoisotopic (exact) mass is 1200 g/mol. The predicted octanol–water partition coefficient (Wildman–Crippen LogP) is 8.67. The number of aryl methyl sites for hydroxylation is 1. The lowest BCUT2D eigenvalue weighted by molar-refractivity contribution is -0.145. The van der Waals surface area contributed by atoms with E-state index in [-0.39, 0.29) is 76.2 Å². The number of fused-ring (bicyclic) bond motifs is 2. The molecule has 11 rings (SSSR count). The number of thiazole rings is 1. The molecule has 0 saturated carbocycles. The highest BCUT2D eigenvalue weighted by Gasteiger charge is 2.52. The summed E-state index contributed by atoms with van der Waals surface area (Å²) in [5, 5.41) is 30.3. The molecule has 450 valence electrons. The zero-order valence-corrected chi connectivity index (χ0v) is 51.2. The lowest BCUT2D eigenvalue weighted by Gasteiger charge is -2.61. The number of carbonyl (C=O) groups is 3. The molecule has 5 aliphatic heterocycles. The number of aromatic nitrogens is 3. The van der Waals surface area contributed by atoms with Gasteiger partial charge in [0, 0.05) is 107 Å². The van der Waals surface area contributed by atoms with Crippen molar-refractivity contribution in [2.75, 3.05) is 96.5 Å². The summed E-state index contributed by atoms with van der Waals surface area (Å²) >= 11 is 8.59. The Hall–Kier alpha value is -6.74. The summed E-state index contributed by atoms with van der Waals surface area (Å²) < 4.78 is 23.7. The molecular formula is C65H79ClFN11O6S. The number of aliphatic hydroxyl groups excluding tert-OH is 1. The van der Waals surface area contributed by atoms with Gasteiger partial charge in [0.2, 0.25) is 17.7 Å². The number of nitrogens with zero attached hydrogens (tertiary/aromatic N) is 9. The summed E-state index contributed by atoms with van der Waals surface area (Å²) in [7, 11) is 0. The molecule has 5 fully saturated rings. The molecule has 85 heavy (non-hydrogen) atoms. The van der Waals surface area contributed by atoms with Gasteiger partial charge in [-0.25, -0.2) is 9.37 Å². The van der Waals surface area contributed by atoms with E-state index in [0.29, 0.717) is 67.5 Å². The number of hydrogen-bond acceptors (Lipinski definition) is 15. The Morgan fingerprint density at radius 1 is 0.929 bits per heavy atom. The molecule has 1 spiro atoms. The summed E-state index contributed by atoms with van der Waals surface area (Å²) in [6.45, 7) is 29.3. The molecule has 5 aliphatic rings. The van der Waals surface area contributed by atoms with Crippen LogP contribution < -0.4 is 20.3 Å². The van der Waals surface area contributed by atoms with E-state index in [0.717, 1.165) is 91.1 Å². The number of β-amino-alcohol motifs (C(OH)–C–C–N with tert-alkyl or cyclic N) is 1. The fraction of sp³-hybridized carbons (Fsp3) is 0.477. The number of rotatable bonds is 18. The average molecular weight is 1200 g/mol. The van der Waals surface area contributed by atoms with Gasteiger partial charge in [-0.2, -0.15) is 9.97 Å². The Morgan fingerprint density at radius 2 is 1.64 bits per heavy atom. The molecule has 5 saturated heterocycles. The molecule has 0 unspecified atom stereocenters. The van der Waals surface area contributed by atoms with Crippen LogP contribution in [0.25, 0.3) is 43.2 Å². The van der Waals surface area contributed by atoms with Crippen molar-refractivity contribution in [3.8, 4) is 33.3 Å². The molecule has 0 radical (unpaired) electrons. The second kappa shape index (κ2) is 24.6. The fourth-order valence-corrected chi connectivity index (χ4v) is 14.7. The van der Waals surface area contributed by atoms with Crippen molar-refractivity contribution in [3.63, 3.8) is 0 Å². The van der Waals surface area contributed by atoms with Gasteiger partial charge in [0.05, 0.1) is 39.8 Å². The molecule has 2 aromatic heterocycles. The Morgan fingerprint density at radius 3 is 2.32 bits per heavy atom. The SMILES string of the molecule is C=CC(=O)N1CCN(c2nc(O[C@H](C)CN3CCC(CN4CC5(CN(CC(=O)N[C@H](C(=O)N6C[C@H](O)C[C@H]6C(=C)N[C@@H](C)c6ccc(-c7scnc7C)cc6)C(C)(C)C)C5)C4)CC3)nc3c(F)c(-c4cc(O)cc5ccccc45)c(Cl)cc23)CC1. The molecule has 0 aliphatic carbocycles. The first-order valence-electron chi connectivity index (χ1n) is 29.8. The molecule has 7 heterocycles. The van der Waals surface area contributed by atoms with Crippen molar-refractivity contribution in [3.05, 3.63) is 119 Å². The van der Waals surface area contributed by atoms with Crippen molar-refractivity contribution in [1.29, 1.82) is 0 Å². The topological polar surface area (TPSA) is 183 Å². The maximum atomic E-state index is 17.2. The van der Waals surface area contributed by atoms with Crippen LogP contribution in [-0.2, 0) is 14.4 Å². The highest BCUT2D eigenvalue weighted by atomic mass is 35.5. The number of hydrogen-bond donors (Lipinski definition) is 4. The fourth-order valence-electron chi connectivity index (χ4n) is 13.6. The highest BCUT2D eigenvalue weighted by molar-refractivity contribution is 7.13. The zero-order chi connectivity index (χ0) is 60.1. The summed E-state index contributed by atoms with van der Waals surface area (Å²) in [5.74, 6) is -0.185. The average Bonchev–Trinajstić information content (AvgIpc) is 2.31. The molecule has 5 atom stereocenters. The van der Waals surface area contributed by atoms with Gasteiger partial charge in [-0.3, -0.25) is 24.2 Å². The highest BCUT2D eigenvalue weighted by Crippen LogP contribution is 2.44. The third-order valence-electron chi connectivity index (χ3n) is 17.9. The van der Waals surface area contributed by atoms with Gasteiger partial charge in [0.1, 0.15) is 29.2 Å². The molecular weight excluding hydrogens is 1120 g/mol. The summed E-state index contributed by atoms with van der Waals surface area (Å²) in [5.41, 5.74) is 5.91. The van der Waals surface area contributed by atoms with Crippen LogP contribution in [0.2, 0.25) is 5.02 Å². The normalized spacial score (nSPS) is 20.7. The number of phenols is 1. The lowest BCUT2D eigenvalue weighted by Crippen LogP contribution is -2.73. The zero-order valence-electron chi connectivity index (χ0n) is 49.6. The number of halogens is 2. The number of piperidine rings is 1. The first-order chi connectivity index (χ1) is 40.6. The molecule has 6 aromatic rings. The number of likely N-dealkylation sites (tertiary alicyclic amines) is 4. The number of benzene rings is 4. The van der Waals surface area contributed by atoms with E-state index in [9.17, 15) is 24.6 Å². The number of amides is 3. The minimum absolute atomic E-state index is 0.0151. The van der Waals surface area contributed by atoms with Crippen LogP contribution >= 0.6 is 22.9 Å². The van der Waals surface area contributed by atoms with Crippen LogP contribution in [0.1, 0.15) is 71.2 Å². The van der Waals surface area contributed by atoms with Gasteiger partial charge in [-0.15, -0.1) is 11.3 Å². The van der Waals surface area contributed by atoms with Crippen LogP contribution in [0.5, 0.6) is 11.8 Å². The number of phenolic OH excluding ortho intramolecular Hbond substituents is 1. The van der Waals surface area contributed by atoms with Crippen LogP contribution in [-0.4, -0.2) is 183 Å². The van der Waals surface area contributed by atoms with E-state index in [1.807, 2.05) is 69.3 Å². The number of anilines is 1. The molecule has 0 bridgehead atoms. The van der Waals surface area contributed by atoms with Crippen LogP contribution in [0.15, 0.2) is 97.2 Å². The maximum Gasteiger partial charge on any atom is 0.319 e. The minimum atomic E-state index is -0.792. The number of ether oxygens (including phenoxy) is 1. The van der Waals surface area contributed by atoms with Gasteiger partial charge in [0.25, 0.3) is 0 Å². The van der Waals surface area contributed by atoms with E-state index in [4.69, 9.17) is 26.3 Å². The number of aliphatic hydroxyl groups is 1. The van der Waals surface area contributed by atoms with Gasteiger partial charge in [0.15, 0.2) is 5.82 Å². The molecule has 17 nitrogen and oxygen atoms in total. The smallest absolute Gasteiger partial charge is 0.319 e. The van der Waals surface area contributed by atoms with Crippen molar-refractivity contribution < 1.29 is 33.7 Å². The van der Waals surface area contributed by atoms with Crippen LogP contribution in [0.4, 0.5) is 10.2 Å². The Balaban J connectivity index is 0.650. The molecule has 20 heteroatoms. The first-order valence-corrected chi connectivity index (χ1v) is 31.0. The lowest BCUT2D eigenvalue weighted by atomic mass is 9.72. The van der Waals surface area contributed by atoms with Gasteiger partial charge < -0.3 is 45.2 Å². The maximum absolute atomic E-state index is 17.2. The van der Waals surface area contributed by atoms with E-state index in [2.05, 4.69) is 74.7 Å². The summed E-state index contributed by atoms with van der Waals surface area (Å²) in [6.07, 6.45) is 2.74. The Labute approximate surface area is 506 Å². The first kappa shape index (κ1) is 60.0. The number of carbonyl (C=O) groups excluding carboxylic acids is 3. The standard InChI is InChI=1S/C65H79ClFN11O6S/c1-9-55(82)76-22-24-77(25-23-76)61-51-29-52(66)56(50-27-47(79)26-46-12-10-11-13-49(46)50)57(67)58(51)71-63(72-61)84-39(2)30-73-20-18-43(19-21-73)31-74-34-65(35-74)36-75(37-65)33-54(81)70-60(64(6,7)8)62(83)78-32-48(80)28-53(78)41(4)69-40(3)44-14-16-45(17-15-44)59-42(5)68-38-85-59/h9-17,26-27,29,38-40,43,48,53,60,69,79-80H,1,4,18-25,28,30-37H2,2-3,5-8H3,(H,70,81)/t39-,40+,48-,53+,60-/m1/s1. The molecule has 4 aromatic carbocycles. The van der Waals surface area contributed by atoms with Gasteiger partial charge in [-0.05, 0) is 110 Å². The predicted molar refractivity (Wildman–Crippen MR) is 333 cm³/mol. The number of aromatic hydroxyl groups is 1. The summed E-state index contributed by atoms with van der Waals surface area (Å²) in [4.78, 5) is 68.4. The van der Waals surface area contributed by atoms with E-state index >= 15 is 4.39 Å².